The Hall–Kier alpha value is -0.380. The van der Waals surface area contributed by atoms with Gasteiger partial charge in [-0.15, -0.1) is 10.2 Å². The normalized spacial score (nSPS) is 15.6. The molecular weight excluding hydrogens is 266 g/mol. The Kier molecular flexibility index (Phi) is 4.38. The molecule has 0 atom stereocenters. The van der Waals surface area contributed by atoms with Crippen LogP contribution in [-0.2, 0) is 11.8 Å². The third-order valence-corrected chi connectivity index (χ3v) is 3.62. The zero-order valence-corrected chi connectivity index (χ0v) is 11.5. The first-order valence-corrected chi connectivity index (χ1v) is 7.47. The number of unbranched alkanes of at least 4 members (excludes halogenated alkanes) is 3. The van der Waals surface area contributed by atoms with Gasteiger partial charge in [-0.3, -0.25) is 0 Å². The van der Waals surface area contributed by atoms with Crippen LogP contribution in [0.15, 0.2) is 0 Å². The van der Waals surface area contributed by atoms with Gasteiger partial charge in [0.05, 0.1) is 5.33 Å². The summed E-state index contributed by atoms with van der Waals surface area (Å²) in [5.74, 6) is 2.31. The van der Waals surface area contributed by atoms with Gasteiger partial charge in [-0.2, -0.15) is 0 Å². The van der Waals surface area contributed by atoms with Crippen LogP contribution in [0.5, 0.6) is 0 Å². The van der Waals surface area contributed by atoms with Crippen molar-refractivity contribution < 1.29 is 0 Å². The van der Waals surface area contributed by atoms with Crippen molar-refractivity contribution in [3.63, 3.8) is 0 Å². The van der Waals surface area contributed by atoms with Crippen LogP contribution in [0.4, 0.5) is 0 Å². The second kappa shape index (κ2) is 5.80. The molecule has 0 unspecified atom stereocenters. The lowest BCUT2D eigenvalue weighted by Crippen LogP contribution is -2.05. The summed E-state index contributed by atoms with van der Waals surface area (Å²) in [6.07, 6.45) is 8.90. The van der Waals surface area contributed by atoms with Crippen molar-refractivity contribution in [3.8, 4) is 0 Å². The molecule has 0 aromatic carbocycles. The van der Waals surface area contributed by atoms with E-state index < -0.39 is 0 Å². The van der Waals surface area contributed by atoms with Gasteiger partial charge < -0.3 is 4.57 Å². The highest BCUT2D eigenvalue weighted by Crippen LogP contribution is 2.37. The Bertz CT molecular complexity index is 331. The molecule has 1 heterocycles. The van der Waals surface area contributed by atoms with E-state index in [1.165, 1.54) is 44.3 Å². The topological polar surface area (TPSA) is 30.7 Å². The number of alkyl halides is 1. The van der Waals surface area contributed by atoms with E-state index in [9.17, 15) is 0 Å². The SMILES string of the molecule is CCCCCCc1nnc(CBr)n1C1CC1. The van der Waals surface area contributed by atoms with E-state index in [2.05, 4.69) is 37.6 Å². The third-order valence-electron chi connectivity index (χ3n) is 3.12. The summed E-state index contributed by atoms with van der Waals surface area (Å²) >= 11 is 3.49. The van der Waals surface area contributed by atoms with Crippen molar-refractivity contribution in [2.24, 2.45) is 0 Å². The van der Waals surface area contributed by atoms with Gasteiger partial charge in [-0.1, -0.05) is 42.1 Å². The van der Waals surface area contributed by atoms with Crippen LogP contribution < -0.4 is 0 Å². The van der Waals surface area contributed by atoms with E-state index in [1.54, 1.807) is 0 Å². The monoisotopic (exact) mass is 285 g/mol. The minimum atomic E-state index is 0.698. The molecule has 1 aliphatic carbocycles. The van der Waals surface area contributed by atoms with Gasteiger partial charge in [-0.25, -0.2) is 0 Å². The molecule has 0 saturated heterocycles. The summed E-state index contributed by atoms with van der Waals surface area (Å²) in [6, 6.07) is 0.698. The predicted molar refractivity (Wildman–Crippen MR) is 68.8 cm³/mol. The summed E-state index contributed by atoms with van der Waals surface area (Å²) in [6.45, 7) is 2.25. The lowest BCUT2D eigenvalue weighted by molar-refractivity contribution is 0.607. The number of halogens is 1. The fourth-order valence-electron chi connectivity index (χ4n) is 2.09. The minimum Gasteiger partial charge on any atom is -0.311 e. The Balaban J connectivity index is 1.94. The minimum absolute atomic E-state index is 0.698. The van der Waals surface area contributed by atoms with Gasteiger partial charge in [0, 0.05) is 12.5 Å². The molecule has 1 aliphatic rings. The molecule has 1 aromatic heterocycles. The van der Waals surface area contributed by atoms with Gasteiger partial charge in [-0.05, 0) is 19.3 Å². The second-order valence-electron chi connectivity index (χ2n) is 4.58. The average molecular weight is 286 g/mol. The molecule has 0 spiro atoms. The highest BCUT2D eigenvalue weighted by Gasteiger charge is 2.28. The van der Waals surface area contributed by atoms with Crippen LogP contribution in [0.3, 0.4) is 0 Å². The number of nitrogens with zero attached hydrogens (tertiary/aromatic N) is 3. The summed E-state index contributed by atoms with van der Waals surface area (Å²) in [5, 5.41) is 9.41. The highest BCUT2D eigenvalue weighted by molar-refractivity contribution is 9.08. The summed E-state index contributed by atoms with van der Waals surface area (Å²) in [5.41, 5.74) is 0. The summed E-state index contributed by atoms with van der Waals surface area (Å²) < 4.78 is 2.36. The second-order valence-corrected chi connectivity index (χ2v) is 5.14. The van der Waals surface area contributed by atoms with Crippen LogP contribution in [0, 0.1) is 0 Å². The zero-order chi connectivity index (χ0) is 11.4. The molecule has 1 saturated carbocycles. The maximum Gasteiger partial charge on any atom is 0.143 e. The average Bonchev–Trinajstić information content (AvgIpc) is 3.06. The molecule has 90 valence electrons. The molecule has 16 heavy (non-hydrogen) atoms. The predicted octanol–water partition coefficient (Wildman–Crippen LogP) is 3.63. The molecule has 0 N–H and O–H groups in total. The maximum atomic E-state index is 4.33. The van der Waals surface area contributed by atoms with Crippen LogP contribution in [0.1, 0.15) is 63.1 Å². The van der Waals surface area contributed by atoms with Gasteiger partial charge in [0.25, 0.3) is 0 Å². The molecule has 3 nitrogen and oxygen atoms in total. The third kappa shape index (κ3) is 2.84. The van der Waals surface area contributed by atoms with Gasteiger partial charge in [0.1, 0.15) is 11.6 Å². The Morgan fingerprint density at radius 1 is 1.19 bits per heavy atom. The van der Waals surface area contributed by atoms with Crippen LogP contribution >= 0.6 is 15.9 Å². The van der Waals surface area contributed by atoms with Gasteiger partial charge in [0.15, 0.2) is 0 Å². The summed E-state index contributed by atoms with van der Waals surface area (Å²) in [7, 11) is 0. The van der Waals surface area contributed by atoms with Crippen molar-refractivity contribution in [2.45, 2.75) is 63.2 Å². The number of aryl methyl sites for hydroxylation is 1. The van der Waals surface area contributed by atoms with Gasteiger partial charge in [0.2, 0.25) is 0 Å². The lowest BCUT2D eigenvalue weighted by atomic mass is 10.1. The molecule has 0 bridgehead atoms. The van der Waals surface area contributed by atoms with E-state index in [0.717, 1.165) is 17.6 Å². The van der Waals surface area contributed by atoms with Crippen molar-refractivity contribution in [1.29, 1.82) is 0 Å². The molecule has 0 aliphatic heterocycles. The van der Waals surface area contributed by atoms with E-state index >= 15 is 0 Å². The van der Waals surface area contributed by atoms with E-state index in [4.69, 9.17) is 0 Å². The Morgan fingerprint density at radius 2 is 1.94 bits per heavy atom. The number of rotatable bonds is 7. The fourth-order valence-corrected chi connectivity index (χ4v) is 2.47. The lowest BCUT2D eigenvalue weighted by Gasteiger charge is -2.07. The Labute approximate surface area is 106 Å². The van der Waals surface area contributed by atoms with Crippen molar-refractivity contribution >= 4 is 15.9 Å². The van der Waals surface area contributed by atoms with Crippen LogP contribution in [0.25, 0.3) is 0 Å². The largest absolute Gasteiger partial charge is 0.311 e. The number of aromatic nitrogens is 3. The first-order valence-electron chi connectivity index (χ1n) is 6.35. The number of hydrogen-bond donors (Lipinski definition) is 0. The van der Waals surface area contributed by atoms with Crippen LogP contribution in [-0.4, -0.2) is 14.8 Å². The van der Waals surface area contributed by atoms with Crippen molar-refractivity contribution in [1.82, 2.24) is 14.8 Å². The Morgan fingerprint density at radius 3 is 2.56 bits per heavy atom. The smallest absolute Gasteiger partial charge is 0.143 e. The fraction of sp³-hybridized carbons (Fsp3) is 0.833. The van der Waals surface area contributed by atoms with Crippen LogP contribution in [0.2, 0.25) is 0 Å². The molecule has 1 aromatic rings. The first kappa shape index (κ1) is 12.1. The summed E-state index contributed by atoms with van der Waals surface area (Å²) in [4.78, 5) is 0. The van der Waals surface area contributed by atoms with Crippen molar-refractivity contribution in [2.75, 3.05) is 0 Å². The standard InChI is InChI=1S/C12H20BrN3/c1-2-3-4-5-6-11-14-15-12(9-13)16(11)10-7-8-10/h10H,2-9H2,1H3. The van der Waals surface area contributed by atoms with E-state index in [0.29, 0.717) is 6.04 Å². The quantitative estimate of drug-likeness (QED) is 0.566. The van der Waals surface area contributed by atoms with Gasteiger partial charge >= 0.3 is 0 Å². The molecule has 0 radical (unpaired) electrons. The number of hydrogen-bond acceptors (Lipinski definition) is 2. The van der Waals surface area contributed by atoms with E-state index in [1.807, 2.05) is 0 Å². The maximum absolute atomic E-state index is 4.33. The first-order chi connectivity index (χ1) is 7.86. The molecule has 4 heteroatoms. The van der Waals surface area contributed by atoms with E-state index in [-0.39, 0.29) is 0 Å². The molecule has 1 fully saturated rings. The molecule has 2 rings (SSSR count). The zero-order valence-electron chi connectivity index (χ0n) is 9.95. The van der Waals surface area contributed by atoms with Crippen molar-refractivity contribution in [3.05, 3.63) is 11.6 Å². The molecular formula is C12H20BrN3. The highest BCUT2D eigenvalue weighted by atomic mass is 79.9. The molecule has 0 amide bonds.